The summed E-state index contributed by atoms with van der Waals surface area (Å²) in [5.74, 6) is 0.156. The number of aryl methyl sites for hydroxylation is 2. The number of carbonyl (C=O) groups is 1. The molecule has 0 unspecified atom stereocenters. The largest absolute Gasteiger partial charge is 1.00 e. The summed E-state index contributed by atoms with van der Waals surface area (Å²) in [5, 5.41) is 0. The molecule has 4 rings (SSSR count). The minimum absolute atomic E-state index is 0. The molecule has 126 valence electrons. The first-order valence-corrected chi connectivity index (χ1v) is 8.32. The molecular weight excluding hydrogens is 374 g/mol. The molecule has 3 aromatic rings. The van der Waals surface area contributed by atoms with Crippen LogP contribution >= 0.6 is 0 Å². The number of ketones is 1. The average Bonchev–Trinajstić information content (AvgIpc) is 2.91. The van der Waals surface area contributed by atoms with Crippen LogP contribution in [-0.2, 0) is 13.0 Å². The Hall–Kier alpha value is -2.26. The summed E-state index contributed by atoms with van der Waals surface area (Å²) >= 11 is 0. The van der Waals surface area contributed by atoms with Crippen LogP contribution in [0.25, 0.3) is 11.1 Å². The fraction of sp³-hybridized carbons (Fsp3) is 0.182. The van der Waals surface area contributed by atoms with Crippen molar-refractivity contribution in [2.75, 3.05) is 0 Å². The van der Waals surface area contributed by atoms with E-state index in [2.05, 4.69) is 56.3 Å². The number of carbonyl (C=O) groups excluding carboxylic acids is 1. The first-order valence-electron chi connectivity index (χ1n) is 8.32. The maximum absolute atomic E-state index is 12.7. The molecule has 0 bridgehead atoms. The van der Waals surface area contributed by atoms with Crippen molar-refractivity contribution in [2.45, 2.75) is 26.8 Å². The molecule has 0 saturated heterocycles. The highest BCUT2D eigenvalue weighted by Crippen LogP contribution is 2.36. The summed E-state index contributed by atoms with van der Waals surface area (Å²) in [6.45, 7) is 4.50. The third-order valence-electron chi connectivity index (χ3n) is 4.64. The molecule has 0 radical (unpaired) electrons. The van der Waals surface area contributed by atoms with Gasteiger partial charge in [0.1, 0.15) is 0 Å². The molecule has 25 heavy (non-hydrogen) atoms. The quantitative estimate of drug-likeness (QED) is 0.376. The molecule has 0 saturated carbocycles. The van der Waals surface area contributed by atoms with Crippen molar-refractivity contribution in [3.63, 3.8) is 0 Å². The second-order valence-electron chi connectivity index (χ2n) is 6.69. The fourth-order valence-electron chi connectivity index (χ4n) is 3.66. The zero-order valence-electron chi connectivity index (χ0n) is 14.4. The van der Waals surface area contributed by atoms with E-state index in [1.807, 2.05) is 23.0 Å². The van der Waals surface area contributed by atoms with Gasteiger partial charge in [-0.1, -0.05) is 36.4 Å². The second kappa shape index (κ2) is 6.93. The number of Topliss-reactive ketones (excluding diaryl/α,β-unsaturated/α-hetero) is 1. The Morgan fingerprint density at radius 2 is 1.60 bits per heavy atom. The van der Waals surface area contributed by atoms with E-state index >= 15 is 0 Å². The molecule has 0 amide bonds. The van der Waals surface area contributed by atoms with Gasteiger partial charge < -0.3 is 17.0 Å². The predicted molar refractivity (Wildman–Crippen MR) is 95.1 cm³/mol. The number of pyridine rings is 1. The Labute approximate surface area is 158 Å². The van der Waals surface area contributed by atoms with Crippen molar-refractivity contribution in [3.05, 3.63) is 88.7 Å². The van der Waals surface area contributed by atoms with Crippen molar-refractivity contribution < 1.29 is 26.3 Å². The smallest absolute Gasteiger partial charge is 0.227 e. The van der Waals surface area contributed by atoms with Gasteiger partial charge in [0.25, 0.3) is 0 Å². The third-order valence-corrected chi connectivity index (χ3v) is 4.64. The fourth-order valence-corrected chi connectivity index (χ4v) is 3.66. The highest BCUT2D eigenvalue weighted by atomic mass is 79.9. The number of hydrogen-bond donors (Lipinski definition) is 0. The minimum Gasteiger partial charge on any atom is -1.00 e. The summed E-state index contributed by atoms with van der Waals surface area (Å²) in [5.41, 5.74) is 8.32. The van der Waals surface area contributed by atoms with Gasteiger partial charge in [-0.15, -0.1) is 0 Å². The molecule has 1 aliphatic carbocycles. The maximum Gasteiger partial charge on any atom is 0.227 e. The Bertz CT molecular complexity index is 942. The van der Waals surface area contributed by atoms with E-state index in [1.165, 1.54) is 33.4 Å². The molecule has 1 aliphatic rings. The zero-order valence-corrected chi connectivity index (χ0v) is 16.0. The summed E-state index contributed by atoms with van der Waals surface area (Å²) in [4.78, 5) is 12.7. The van der Waals surface area contributed by atoms with E-state index in [9.17, 15) is 4.79 Å². The van der Waals surface area contributed by atoms with E-state index in [4.69, 9.17) is 0 Å². The van der Waals surface area contributed by atoms with E-state index in [0.29, 0.717) is 6.54 Å². The van der Waals surface area contributed by atoms with Crippen LogP contribution in [0, 0.1) is 13.8 Å². The van der Waals surface area contributed by atoms with Gasteiger partial charge in [0.15, 0.2) is 12.4 Å². The van der Waals surface area contributed by atoms with Gasteiger partial charge in [0.2, 0.25) is 12.3 Å². The molecule has 1 heterocycles. The lowest BCUT2D eigenvalue weighted by molar-refractivity contribution is -0.683. The van der Waals surface area contributed by atoms with Crippen LogP contribution in [0.1, 0.15) is 32.6 Å². The Kier molecular flexibility index (Phi) is 4.87. The van der Waals surface area contributed by atoms with Gasteiger partial charge in [0, 0.05) is 16.7 Å². The van der Waals surface area contributed by atoms with Crippen molar-refractivity contribution in [3.8, 4) is 11.1 Å². The van der Waals surface area contributed by atoms with Gasteiger partial charge in [-0.25, -0.2) is 0 Å². The van der Waals surface area contributed by atoms with Crippen LogP contribution in [0.5, 0.6) is 0 Å². The lowest BCUT2D eigenvalue weighted by Crippen LogP contribution is -3.00. The molecule has 0 spiro atoms. The Morgan fingerprint density at radius 3 is 2.36 bits per heavy atom. The summed E-state index contributed by atoms with van der Waals surface area (Å²) in [7, 11) is 0. The molecule has 2 nitrogen and oxygen atoms in total. The molecule has 0 N–H and O–H groups in total. The molecule has 1 aromatic heterocycles. The van der Waals surface area contributed by atoms with Crippen LogP contribution in [0.15, 0.2) is 60.9 Å². The molecule has 0 atom stereocenters. The topological polar surface area (TPSA) is 20.9 Å². The van der Waals surface area contributed by atoms with Gasteiger partial charge in [0.05, 0.1) is 0 Å². The highest BCUT2D eigenvalue weighted by Gasteiger charge is 2.20. The molecule has 2 aromatic carbocycles. The number of hydrogen-bond acceptors (Lipinski definition) is 1. The average molecular weight is 394 g/mol. The van der Waals surface area contributed by atoms with E-state index in [-0.39, 0.29) is 22.8 Å². The van der Waals surface area contributed by atoms with Crippen molar-refractivity contribution in [1.29, 1.82) is 0 Å². The lowest BCUT2D eigenvalue weighted by atomic mass is 10.0. The van der Waals surface area contributed by atoms with Crippen molar-refractivity contribution >= 4 is 5.78 Å². The Morgan fingerprint density at radius 1 is 0.920 bits per heavy atom. The van der Waals surface area contributed by atoms with E-state index in [0.717, 1.165) is 12.0 Å². The summed E-state index contributed by atoms with van der Waals surface area (Å²) in [6.07, 6.45) is 4.96. The minimum atomic E-state index is 0. The van der Waals surface area contributed by atoms with Crippen LogP contribution in [-0.4, -0.2) is 5.78 Å². The van der Waals surface area contributed by atoms with Crippen LogP contribution in [0.4, 0.5) is 0 Å². The zero-order chi connectivity index (χ0) is 16.7. The third kappa shape index (κ3) is 3.42. The number of nitrogens with zero attached hydrogens (tertiary/aromatic N) is 1. The normalized spacial score (nSPS) is 11.4. The van der Waals surface area contributed by atoms with Crippen molar-refractivity contribution in [1.82, 2.24) is 0 Å². The summed E-state index contributed by atoms with van der Waals surface area (Å²) < 4.78 is 1.98. The number of benzene rings is 2. The Balaban J connectivity index is 0.00000182. The molecule has 3 heteroatoms. The van der Waals surface area contributed by atoms with Crippen LogP contribution < -0.4 is 21.5 Å². The first-order chi connectivity index (χ1) is 11.6. The van der Waals surface area contributed by atoms with Crippen molar-refractivity contribution in [2.24, 2.45) is 0 Å². The molecular formula is C22H20BrNO. The van der Waals surface area contributed by atoms with Gasteiger partial charge in [-0.05, 0) is 54.7 Å². The van der Waals surface area contributed by atoms with Gasteiger partial charge >= 0.3 is 0 Å². The second-order valence-corrected chi connectivity index (χ2v) is 6.69. The van der Waals surface area contributed by atoms with E-state index in [1.54, 1.807) is 0 Å². The number of fused-ring (bicyclic) bond motifs is 3. The number of aromatic nitrogens is 1. The maximum atomic E-state index is 12.7. The van der Waals surface area contributed by atoms with E-state index < -0.39 is 0 Å². The monoisotopic (exact) mass is 393 g/mol. The summed E-state index contributed by atoms with van der Waals surface area (Å²) in [6, 6.07) is 16.7. The number of halogens is 1. The van der Waals surface area contributed by atoms with Crippen LogP contribution in [0.3, 0.4) is 0 Å². The van der Waals surface area contributed by atoms with Gasteiger partial charge in [-0.2, -0.15) is 4.57 Å². The van der Waals surface area contributed by atoms with Gasteiger partial charge in [-0.3, -0.25) is 4.79 Å². The molecule has 0 fully saturated rings. The highest BCUT2D eigenvalue weighted by molar-refractivity contribution is 5.96. The molecule has 0 aliphatic heterocycles. The number of rotatable bonds is 3. The first kappa shape index (κ1) is 17.6. The predicted octanol–water partition coefficient (Wildman–Crippen LogP) is 1.05. The van der Waals surface area contributed by atoms with Crippen LogP contribution in [0.2, 0.25) is 0 Å². The lowest BCUT2D eigenvalue weighted by Gasteiger charge is -2.04. The SMILES string of the molecule is Cc1cc(C)c[n+](CC(=O)c2ccc3c(c2)Cc2ccccc2-3)c1.[Br-]. The standard InChI is InChI=1S/C22H20NO.BrH/c1-15-9-16(2)13-23(12-15)14-22(24)18-7-8-21-19(11-18)10-17-5-3-4-6-20(17)21;/h3-9,11-13H,10,14H2,1-2H3;1H/q+1;/p-1.